The topological polar surface area (TPSA) is 104 Å². The van der Waals surface area contributed by atoms with E-state index in [4.69, 9.17) is 18.9 Å². The highest BCUT2D eigenvalue weighted by atomic mass is 32.2. The van der Waals surface area contributed by atoms with E-state index in [1.165, 1.54) is 25.7 Å². The van der Waals surface area contributed by atoms with Crippen LogP contribution in [0.1, 0.15) is 107 Å². The minimum atomic E-state index is -1.20. The molecule has 9 unspecified atom stereocenters. The first-order chi connectivity index (χ1) is 22.5. The van der Waals surface area contributed by atoms with Crippen molar-refractivity contribution in [2.75, 3.05) is 38.7 Å². The van der Waals surface area contributed by atoms with Crippen molar-refractivity contribution in [3.05, 3.63) is 0 Å². The number of morpholine rings is 1. The largest absolute Gasteiger partial charge is 0.616 e. The lowest BCUT2D eigenvalue weighted by Gasteiger charge is -2.64. The number of hydrogen-bond donors (Lipinski definition) is 2. The molecule has 8 aliphatic rings. The Hall–Kier alpha value is 0.0300. The van der Waals surface area contributed by atoms with Crippen molar-refractivity contribution in [3.8, 4) is 0 Å². The number of ether oxygens (including phenoxy) is 4. The SMILES string of the molecule is CC[S+]([O-])C(C1C[C@@H](C)[C@H]2C(O1)[C@H](O)[C@@]1(C)C3CC[C@H]4C(C)(C)C(O[C@H]5CN(C6COC6)CCO5)CCC45CC35CCC21C)C(C)(C)O. The lowest BCUT2D eigenvalue weighted by atomic mass is 9.41. The normalized spacial score (nSPS) is 52.9. The number of aliphatic hydroxyl groups excluding tert-OH is 1. The van der Waals surface area contributed by atoms with Crippen molar-refractivity contribution in [1.82, 2.24) is 4.90 Å². The first-order valence-corrected chi connectivity index (χ1v) is 21.0. The fraction of sp³-hybridized carbons (Fsp3) is 1.00. The number of hydrogen-bond acceptors (Lipinski definition) is 8. The van der Waals surface area contributed by atoms with Gasteiger partial charge in [-0.15, -0.1) is 0 Å². The molecular weight excluding hydrogens is 626 g/mol. The Morgan fingerprint density at radius 1 is 1.04 bits per heavy atom. The van der Waals surface area contributed by atoms with Crippen LogP contribution in [-0.2, 0) is 30.1 Å². The molecule has 0 aromatic heterocycles. The van der Waals surface area contributed by atoms with Crippen LogP contribution in [-0.4, -0.2) is 106 Å². The molecule has 8 fully saturated rings. The summed E-state index contributed by atoms with van der Waals surface area (Å²) in [4.78, 5) is 2.50. The Bertz CT molecular complexity index is 1240. The van der Waals surface area contributed by atoms with Crippen LogP contribution in [0, 0.1) is 50.7 Å². The van der Waals surface area contributed by atoms with Gasteiger partial charge in [-0.05, 0) is 129 Å². The second-order valence-corrected chi connectivity index (χ2v) is 21.3. The molecule has 5 aliphatic carbocycles. The Kier molecular flexibility index (Phi) is 8.41. The van der Waals surface area contributed by atoms with Gasteiger partial charge in [-0.25, -0.2) is 0 Å². The average Bonchev–Trinajstić information content (AvgIpc) is 3.62. The van der Waals surface area contributed by atoms with Crippen molar-refractivity contribution in [2.24, 2.45) is 50.7 Å². The van der Waals surface area contributed by atoms with E-state index in [-0.39, 0.29) is 52.2 Å². The number of rotatable bonds is 7. The number of nitrogens with zero attached hydrogens (tertiary/aromatic N) is 1. The van der Waals surface area contributed by atoms with Gasteiger partial charge in [-0.3, -0.25) is 4.90 Å². The third-order valence-corrected chi connectivity index (χ3v) is 18.9. The zero-order valence-electron chi connectivity index (χ0n) is 31.0. The van der Waals surface area contributed by atoms with E-state index in [1.807, 2.05) is 6.92 Å². The summed E-state index contributed by atoms with van der Waals surface area (Å²) in [6, 6.07) is 0.514. The number of fused-ring (bicyclic) bond motifs is 4. The molecule has 0 amide bonds. The predicted molar refractivity (Wildman–Crippen MR) is 186 cm³/mol. The average molecular weight is 692 g/mol. The Morgan fingerprint density at radius 2 is 1.75 bits per heavy atom. The van der Waals surface area contributed by atoms with Gasteiger partial charge in [0.05, 0.1) is 50.7 Å². The second-order valence-electron chi connectivity index (χ2n) is 19.4. The van der Waals surface area contributed by atoms with Gasteiger partial charge < -0.3 is 33.7 Å². The second kappa shape index (κ2) is 11.5. The monoisotopic (exact) mass is 691 g/mol. The molecule has 15 atom stereocenters. The van der Waals surface area contributed by atoms with E-state index in [1.54, 1.807) is 13.8 Å². The molecule has 3 heterocycles. The smallest absolute Gasteiger partial charge is 0.170 e. The molecule has 5 saturated carbocycles. The van der Waals surface area contributed by atoms with Crippen LogP contribution in [0.25, 0.3) is 0 Å². The summed E-state index contributed by atoms with van der Waals surface area (Å²) in [6.07, 6.45) is 7.99. The van der Waals surface area contributed by atoms with E-state index in [0.717, 1.165) is 58.6 Å². The van der Waals surface area contributed by atoms with Crippen LogP contribution in [0.5, 0.6) is 0 Å². The molecule has 0 aromatic carbocycles. The van der Waals surface area contributed by atoms with Crippen molar-refractivity contribution in [3.63, 3.8) is 0 Å². The summed E-state index contributed by atoms with van der Waals surface area (Å²) in [5, 5.41) is 23.3. The lowest BCUT2D eigenvalue weighted by Crippen LogP contribution is -2.60. The highest BCUT2D eigenvalue weighted by Gasteiger charge is 2.84. The molecular formula is C39H65NO7S. The summed E-state index contributed by atoms with van der Waals surface area (Å²) in [7, 11) is 0. The third kappa shape index (κ3) is 4.63. The van der Waals surface area contributed by atoms with Crippen molar-refractivity contribution in [1.29, 1.82) is 0 Å². The summed E-state index contributed by atoms with van der Waals surface area (Å²) < 4.78 is 38.9. The zero-order chi connectivity index (χ0) is 34.2. The van der Waals surface area contributed by atoms with Gasteiger partial charge in [-0.2, -0.15) is 0 Å². The molecule has 9 heteroatoms. The predicted octanol–water partition coefficient (Wildman–Crippen LogP) is 5.15. The van der Waals surface area contributed by atoms with Gasteiger partial charge in [0.15, 0.2) is 11.5 Å². The third-order valence-electron chi connectivity index (χ3n) is 16.9. The van der Waals surface area contributed by atoms with E-state index in [2.05, 4.69) is 39.5 Å². The van der Waals surface area contributed by atoms with E-state index < -0.39 is 28.1 Å². The first-order valence-electron chi connectivity index (χ1n) is 19.6. The molecule has 2 N–H and O–H groups in total. The maximum Gasteiger partial charge on any atom is 0.170 e. The number of aliphatic hydroxyl groups is 2. The van der Waals surface area contributed by atoms with Gasteiger partial charge in [0.2, 0.25) is 0 Å². The Labute approximate surface area is 292 Å². The van der Waals surface area contributed by atoms with Gasteiger partial charge in [-0.1, -0.05) is 34.6 Å². The van der Waals surface area contributed by atoms with Crippen LogP contribution < -0.4 is 0 Å². The molecule has 0 aromatic rings. The van der Waals surface area contributed by atoms with Crippen LogP contribution in [0.4, 0.5) is 0 Å². The van der Waals surface area contributed by atoms with Crippen LogP contribution in [0.15, 0.2) is 0 Å². The fourth-order valence-corrected chi connectivity index (χ4v) is 16.1. The maximum atomic E-state index is 13.3. The first kappa shape index (κ1) is 35.1. The summed E-state index contributed by atoms with van der Waals surface area (Å²) in [6.45, 7) is 21.9. The van der Waals surface area contributed by atoms with Crippen molar-refractivity contribution in [2.45, 2.75) is 154 Å². The minimum Gasteiger partial charge on any atom is -0.616 e. The standard InChI is InChI=1S/C39H65NO7S/c1-9-48(43)33(35(5,6)42)25-18-23(2)30-31(46-25)32(41)37(8)27-11-10-26-34(3,4)28(47-29-19-40(16-17-45-29)24-20-44-21-24)12-13-38(26)22-39(27,38)15-14-36(30,37)7/h23-33,41-42H,9-22H2,1-8H3/t23-,25?,26+,27?,28?,29+,30+,31?,32+,33?,36?,37-,38?,39?,48?/m1/s1. The van der Waals surface area contributed by atoms with Gasteiger partial charge in [0.1, 0.15) is 17.5 Å². The molecule has 3 saturated heterocycles. The van der Waals surface area contributed by atoms with Crippen LogP contribution in [0.2, 0.25) is 0 Å². The van der Waals surface area contributed by atoms with Gasteiger partial charge in [0, 0.05) is 12.0 Å². The van der Waals surface area contributed by atoms with Crippen LogP contribution >= 0.6 is 0 Å². The summed E-state index contributed by atoms with van der Waals surface area (Å²) in [5.41, 5.74) is -0.700. The fourth-order valence-electron chi connectivity index (χ4n) is 14.5. The highest BCUT2D eigenvalue weighted by Crippen LogP contribution is 2.89. The van der Waals surface area contributed by atoms with Crippen molar-refractivity contribution < 1.29 is 33.7 Å². The Balaban J connectivity index is 1.03. The lowest BCUT2D eigenvalue weighted by molar-refractivity contribution is -0.256. The quantitative estimate of drug-likeness (QED) is 0.354. The zero-order valence-corrected chi connectivity index (χ0v) is 31.9. The molecule has 2 spiro atoms. The van der Waals surface area contributed by atoms with Crippen LogP contribution in [0.3, 0.4) is 0 Å². The highest BCUT2D eigenvalue weighted by molar-refractivity contribution is 7.92. The van der Waals surface area contributed by atoms with Crippen molar-refractivity contribution >= 4 is 11.2 Å². The maximum absolute atomic E-state index is 13.3. The summed E-state index contributed by atoms with van der Waals surface area (Å²) in [5.74, 6) is 2.17. The molecule has 8 nitrogen and oxygen atoms in total. The van der Waals surface area contributed by atoms with E-state index in [9.17, 15) is 14.8 Å². The molecule has 8 rings (SSSR count). The van der Waals surface area contributed by atoms with E-state index in [0.29, 0.717) is 35.0 Å². The molecule has 0 bridgehead atoms. The molecule has 0 radical (unpaired) electrons. The summed E-state index contributed by atoms with van der Waals surface area (Å²) >= 11 is -1.20. The van der Waals surface area contributed by atoms with E-state index >= 15 is 0 Å². The molecule has 3 aliphatic heterocycles. The molecule has 48 heavy (non-hydrogen) atoms. The molecule has 274 valence electrons. The Morgan fingerprint density at radius 3 is 2.42 bits per heavy atom. The minimum absolute atomic E-state index is 0.0202. The van der Waals surface area contributed by atoms with Gasteiger partial charge in [0.25, 0.3) is 0 Å². The van der Waals surface area contributed by atoms with Gasteiger partial charge >= 0.3 is 0 Å².